The molecule has 3 N–H and O–H groups in total. The minimum Gasteiger partial charge on any atom is -0.379 e. The number of nitrogens with one attached hydrogen (secondary N) is 1. The molecule has 2 fully saturated rings. The zero-order valence-electron chi connectivity index (χ0n) is 29.0. The van der Waals surface area contributed by atoms with Crippen LogP contribution < -0.4 is 5.32 Å². The molecule has 14 nitrogen and oxygen atoms in total. The van der Waals surface area contributed by atoms with Crippen LogP contribution in [0.1, 0.15) is 46.0 Å². The van der Waals surface area contributed by atoms with Crippen LogP contribution in [0.4, 0.5) is 0 Å². The van der Waals surface area contributed by atoms with Gasteiger partial charge >= 0.3 is 0 Å². The smallest absolute Gasteiger partial charge is 0.223 e. The summed E-state index contributed by atoms with van der Waals surface area (Å²) in [5, 5.41) is 23.4. The number of rotatable bonds is 31. The highest BCUT2D eigenvalue weighted by atomic mass is 16.6. The molecule has 0 radical (unpaired) electrons. The Morgan fingerprint density at radius 2 is 1.00 bits per heavy atom. The van der Waals surface area contributed by atoms with Gasteiger partial charge in [-0.1, -0.05) is 6.92 Å². The number of carbonyl (C=O) groups excluding carboxylic acids is 1. The molecule has 1 amide bonds. The topological polar surface area (TPSA) is 156 Å². The lowest BCUT2D eigenvalue weighted by molar-refractivity contribution is -0.127. The van der Waals surface area contributed by atoms with Crippen LogP contribution in [0.25, 0.3) is 0 Å². The number of likely N-dealkylation sites (tertiary alicyclic amines) is 1. The molecule has 1 heterocycles. The first-order chi connectivity index (χ1) is 23.0. The van der Waals surface area contributed by atoms with Gasteiger partial charge in [-0.15, -0.1) is 0 Å². The fourth-order valence-corrected chi connectivity index (χ4v) is 5.52. The molecule has 2 rings (SSSR count). The highest BCUT2D eigenvalue weighted by Crippen LogP contribution is 2.33. The molecule has 14 heteroatoms. The average molecular weight is 681 g/mol. The van der Waals surface area contributed by atoms with Crippen molar-refractivity contribution in [3.8, 4) is 0 Å². The van der Waals surface area contributed by atoms with Crippen LogP contribution in [0.15, 0.2) is 0 Å². The van der Waals surface area contributed by atoms with E-state index < -0.39 is 12.5 Å². The molecule has 47 heavy (non-hydrogen) atoms. The first-order valence-corrected chi connectivity index (χ1v) is 17.6. The Bertz CT molecular complexity index is 732. The summed E-state index contributed by atoms with van der Waals surface area (Å²) >= 11 is 0. The predicted octanol–water partition coefficient (Wildman–Crippen LogP) is 1.06. The standard InChI is InChI=1S/C33H64N2O12/c1-3-39-10-11-41-14-15-43-18-19-45-22-23-47-25-24-46-21-20-44-17-16-42-13-12-40-9-8-34-32(37)30-6-4-29(5-7-30)27-35-31(36)26-28(2)33(35)38/h28-31,33,36,38H,3-27H2,1-2H3,(H,34,37)/t28?,29?,30?,31-,33+/m1/s1. The van der Waals surface area contributed by atoms with Gasteiger partial charge in [0.05, 0.1) is 112 Å². The molecule has 0 aromatic carbocycles. The third kappa shape index (κ3) is 21.0. The molecule has 278 valence electrons. The summed E-state index contributed by atoms with van der Waals surface area (Å²) < 4.78 is 48.9. The molecule has 1 saturated heterocycles. The third-order valence-electron chi connectivity index (χ3n) is 8.23. The summed E-state index contributed by atoms with van der Waals surface area (Å²) in [6, 6.07) is 0. The molecule has 2 aliphatic rings. The second-order valence-corrected chi connectivity index (χ2v) is 11.9. The lowest BCUT2D eigenvalue weighted by Gasteiger charge is -2.33. The van der Waals surface area contributed by atoms with Gasteiger partial charge < -0.3 is 58.2 Å². The molecular weight excluding hydrogens is 616 g/mol. The van der Waals surface area contributed by atoms with Gasteiger partial charge in [0.15, 0.2) is 0 Å². The Kier molecular flexibility index (Phi) is 25.8. The lowest BCUT2D eigenvalue weighted by atomic mass is 9.81. The highest BCUT2D eigenvalue weighted by Gasteiger charge is 2.38. The van der Waals surface area contributed by atoms with Gasteiger partial charge in [0.1, 0.15) is 12.5 Å². The number of ether oxygens (including phenoxy) is 9. The van der Waals surface area contributed by atoms with E-state index in [-0.39, 0.29) is 17.7 Å². The van der Waals surface area contributed by atoms with Gasteiger partial charge in [-0.05, 0) is 50.9 Å². The zero-order valence-corrected chi connectivity index (χ0v) is 29.0. The SMILES string of the molecule is CCOCCOCCOCCOCCOCCOCCOCCOCCOCCNC(=O)C1CCC(CN2[C@H](O)CC(C)[C@@H]2O)CC1. The van der Waals surface area contributed by atoms with Gasteiger partial charge in [-0.3, -0.25) is 9.69 Å². The Labute approximate surface area is 281 Å². The maximum Gasteiger partial charge on any atom is 0.223 e. The molecule has 1 aliphatic heterocycles. The van der Waals surface area contributed by atoms with Crippen LogP contribution in [0.2, 0.25) is 0 Å². The van der Waals surface area contributed by atoms with E-state index in [1.807, 2.05) is 18.7 Å². The Hall–Kier alpha value is -1.01. The summed E-state index contributed by atoms with van der Waals surface area (Å²) in [6.45, 7) is 14.5. The largest absolute Gasteiger partial charge is 0.379 e. The normalized spacial score (nSPS) is 23.4. The zero-order chi connectivity index (χ0) is 33.8. The van der Waals surface area contributed by atoms with Crippen LogP contribution in [-0.2, 0) is 47.4 Å². The van der Waals surface area contributed by atoms with E-state index in [1.54, 1.807) is 0 Å². The van der Waals surface area contributed by atoms with E-state index in [0.717, 1.165) is 25.7 Å². The van der Waals surface area contributed by atoms with E-state index in [0.29, 0.717) is 144 Å². The van der Waals surface area contributed by atoms with E-state index in [2.05, 4.69) is 5.32 Å². The van der Waals surface area contributed by atoms with Crippen LogP contribution >= 0.6 is 0 Å². The number of hydrogen-bond acceptors (Lipinski definition) is 13. The van der Waals surface area contributed by atoms with Crippen LogP contribution in [0, 0.1) is 17.8 Å². The number of hydrogen-bond donors (Lipinski definition) is 3. The molecule has 1 unspecified atom stereocenters. The Morgan fingerprint density at radius 1 is 0.617 bits per heavy atom. The molecule has 0 aromatic rings. The van der Waals surface area contributed by atoms with E-state index in [9.17, 15) is 15.0 Å². The highest BCUT2D eigenvalue weighted by molar-refractivity contribution is 5.78. The maximum absolute atomic E-state index is 12.5. The number of carbonyl (C=O) groups is 1. The summed E-state index contributed by atoms with van der Waals surface area (Å²) in [7, 11) is 0. The quantitative estimate of drug-likeness (QED) is 0.0895. The number of aliphatic hydroxyl groups is 2. The van der Waals surface area contributed by atoms with Crippen molar-refractivity contribution in [2.75, 3.05) is 132 Å². The second-order valence-electron chi connectivity index (χ2n) is 11.9. The minimum atomic E-state index is -0.574. The summed E-state index contributed by atoms with van der Waals surface area (Å²) in [5.74, 6) is 0.604. The summed E-state index contributed by atoms with van der Waals surface area (Å²) in [6.07, 6.45) is 3.02. The third-order valence-corrected chi connectivity index (χ3v) is 8.23. The number of nitrogens with zero attached hydrogens (tertiary/aromatic N) is 1. The van der Waals surface area contributed by atoms with E-state index in [1.165, 1.54) is 0 Å². The second kappa shape index (κ2) is 28.8. The van der Waals surface area contributed by atoms with Crippen LogP contribution in [0.3, 0.4) is 0 Å². The number of amides is 1. The molecule has 1 saturated carbocycles. The molecule has 0 bridgehead atoms. The fourth-order valence-electron chi connectivity index (χ4n) is 5.52. The lowest BCUT2D eigenvalue weighted by Crippen LogP contribution is -2.42. The van der Waals surface area contributed by atoms with Gasteiger partial charge in [0.25, 0.3) is 0 Å². The molecule has 0 spiro atoms. The maximum atomic E-state index is 12.5. The van der Waals surface area contributed by atoms with Crippen molar-refractivity contribution in [3.05, 3.63) is 0 Å². The van der Waals surface area contributed by atoms with E-state index >= 15 is 0 Å². The predicted molar refractivity (Wildman–Crippen MR) is 174 cm³/mol. The Balaban J connectivity index is 1.23. The molecule has 1 aliphatic carbocycles. The van der Waals surface area contributed by atoms with Gasteiger partial charge in [0, 0.05) is 25.6 Å². The van der Waals surface area contributed by atoms with Crippen molar-refractivity contribution in [1.82, 2.24) is 10.2 Å². The van der Waals surface area contributed by atoms with Crippen molar-refractivity contribution >= 4 is 5.91 Å². The monoisotopic (exact) mass is 680 g/mol. The minimum absolute atomic E-state index is 0.0237. The van der Waals surface area contributed by atoms with Crippen LogP contribution in [0.5, 0.6) is 0 Å². The Morgan fingerprint density at radius 3 is 1.36 bits per heavy atom. The average Bonchev–Trinajstić information content (AvgIpc) is 3.31. The summed E-state index contributed by atoms with van der Waals surface area (Å²) in [5.41, 5.74) is 0. The first kappa shape index (κ1) is 42.2. The molecular formula is C33H64N2O12. The van der Waals surface area contributed by atoms with Crippen molar-refractivity contribution in [1.29, 1.82) is 0 Å². The van der Waals surface area contributed by atoms with Crippen molar-refractivity contribution in [2.45, 2.75) is 58.4 Å². The van der Waals surface area contributed by atoms with Crippen molar-refractivity contribution in [3.63, 3.8) is 0 Å². The fraction of sp³-hybridized carbons (Fsp3) is 0.970. The van der Waals surface area contributed by atoms with E-state index in [4.69, 9.17) is 42.6 Å². The van der Waals surface area contributed by atoms with Gasteiger partial charge in [-0.2, -0.15) is 0 Å². The summed E-state index contributed by atoms with van der Waals surface area (Å²) in [4.78, 5) is 14.3. The van der Waals surface area contributed by atoms with Crippen molar-refractivity contribution < 1.29 is 57.6 Å². The molecule has 3 atom stereocenters. The van der Waals surface area contributed by atoms with Gasteiger partial charge in [-0.25, -0.2) is 0 Å². The molecule has 0 aromatic heterocycles. The van der Waals surface area contributed by atoms with Crippen molar-refractivity contribution in [2.24, 2.45) is 17.8 Å². The van der Waals surface area contributed by atoms with Gasteiger partial charge in [0.2, 0.25) is 5.91 Å². The number of aliphatic hydroxyl groups excluding tert-OH is 2. The van der Waals surface area contributed by atoms with Crippen LogP contribution in [-0.4, -0.2) is 165 Å². The first-order valence-electron chi connectivity index (χ1n) is 17.6.